The summed E-state index contributed by atoms with van der Waals surface area (Å²) in [6.07, 6.45) is 0. The molecule has 0 aliphatic rings. The summed E-state index contributed by atoms with van der Waals surface area (Å²) in [5, 5.41) is 5.12. The van der Waals surface area contributed by atoms with Crippen molar-refractivity contribution in [2.45, 2.75) is 0 Å². The highest BCUT2D eigenvalue weighted by atomic mass is 32.2. The molecule has 11 heavy (non-hydrogen) atoms. The Morgan fingerprint density at radius 3 is 2.45 bits per heavy atom. The third kappa shape index (κ3) is 2.03. The standard InChI is InChI=1S/C7H9NO2S/c1-9-6-4-2-3-5-7(6)10-11-8/h2-5H,8H2,1H3. The van der Waals surface area contributed by atoms with Crippen molar-refractivity contribution in [2.24, 2.45) is 5.14 Å². The lowest BCUT2D eigenvalue weighted by molar-refractivity contribution is 0.399. The van der Waals surface area contributed by atoms with Crippen LogP contribution in [0.1, 0.15) is 0 Å². The van der Waals surface area contributed by atoms with Crippen molar-refractivity contribution in [1.29, 1.82) is 0 Å². The van der Waals surface area contributed by atoms with Crippen molar-refractivity contribution in [3.05, 3.63) is 24.3 Å². The molecular formula is C7H9NO2S. The molecule has 0 aromatic heterocycles. The van der Waals surface area contributed by atoms with Crippen LogP contribution in [-0.2, 0) is 0 Å². The van der Waals surface area contributed by atoms with E-state index in [9.17, 15) is 0 Å². The highest BCUT2D eigenvalue weighted by Crippen LogP contribution is 2.27. The van der Waals surface area contributed by atoms with Crippen LogP contribution in [0.2, 0.25) is 0 Å². The Morgan fingerprint density at radius 1 is 1.27 bits per heavy atom. The molecule has 0 atom stereocenters. The van der Waals surface area contributed by atoms with Gasteiger partial charge >= 0.3 is 0 Å². The molecule has 3 nitrogen and oxygen atoms in total. The van der Waals surface area contributed by atoms with Gasteiger partial charge in [0.15, 0.2) is 11.5 Å². The summed E-state index contributed by atoms with van der Waals surface area (Å²) in [4.78, 5) is 0. The average molecular weight is 171 g/mol. The molecule has 0 spiro atoms. The number of nitrogens with two attached hydrogens (primary N) is 1. The Bertz CT molecular complexity index is 229. The van der Waals surface area contributed by atoms with Gasteiger partial charge in [0, 0.05) is 0 Å². The number of ether oxygens (including phenoxy) is 1. The monoisotopic (exact) mass is 171 g/mol. The van der Waals surface area contributed by atoms with Gasteiger partial charge in [-0.05, 0) is 12.1 Å². The smallest absolute Gasteiger partial charge is 0.181 e. The number of methoxy groups -OCH3 is 1. The Labute approximate surface area is 69.8 Å². The molecule has 0 unspecified atom stereocenters. The molecule has 1 aromatic rings. The molecule has 4 heteroatoms. The molecule has 0 amide bonds. The lowest BCUT2D eigenvalue weighted by atomic mass is 10.3. The van der Waals surface area contributed by atoms with E-state index in [0.29, 0.717) is 11.5 Å². The van der Waals surface area contributed by atoms with Crippen molar-refractivity contribution in [3.63, 3.8) is 0 Å². The number of benzene rings is 1. The van der Waals surface area contributed by atoms with E-state index in [1.165, 1.54) is 0 Å². The second-order valence-corrected chi connectivity index (χ2v) is 2.19. The Balaban J connectivity index is 2.83. The average Bonchev–Trinajstić information content (AvgIpc) is 2.06. The summed E-state index contributed by atoms with van der Waals surface area (Å²) in [5.41, 5.74) is 0. The van der Waals surface area contributed by atoms with Gasteiger partial charge in [-0.2, -0.15) is 0 Å². The maximum Gasteiger partial charge on any atom is 0.181 e. The Hall–Kier alpha value is -0.870. The summed E-state index contributed by atoms with van der Waals surface area (Å²) in [6.45, 7) is 0. The lowest BCUT2D eigenvalue weighted by Gasteiger charge is -2.05. The SMILES string of the molecule is COc1ccccc1OSN. The second kappa shape index (κ2) is 4.10. The summed E-state index contributed by atoms with van der Waals surface area (Å²) in [6, 6.07) is 7.32. The molecule has 1 rings (SSSR count). The highest BCUT2D eigenvalue weighted by Gasteiger charge is 2.00. The van der Waals surface area contributed by atoms with Crippen molar-refractivity contribution in [2.75, 3.05) is 7.11 Å². The van der Waals surface area contributed by atoms with Crippen LogP contribution in [0.4, 0.5) is 0 Å². The Kier molecular flexibility index (Phi) is 3.07. The summed E-state index contributed by atoms with van der Waals surface area (Å²) in [5.74, 6) is 1.33. The fourth-order valence-corrected chi connectivity index (χ4v) is 0.981. The summed E-state index contributed by atoms with van der Waals surface area (Å²) < 4.78 is 10.0. The van der Waals surface area contributed by atoms with Crippen LogP contribution < -0.4 is 14.1 Å². The predicted molar refractivity (Wildman–Crippen MR) is 45.4 cm³/mol. The van der Waals surface area contributed by atoms with Crippen LogP contribution in [0.3, 0.4) is 0 Å². The number of hydrogen-bond acceptors (Lipinski definition) is 4. The first kappa shape index (κ1) is 8.23. The van der Waals surface area contributed by atoms with Gasteiger partial charge in [-0.25, -0.2) is 5.14 Å². The highest BCUT2D eigenvalue weighted by molar-refractivity contribution is 7.92. The molecule has 0 fully saturated rings. The molecule has 0 saturated carbocycles. The van der Waals surface area contributed by atoms with E-state index in [4.69, 9.17) is 14.1 Å². The molecular weight excluding hydrogens is 162 g/mol. The molecule has 0 radical (unpaired) electrons. The number of para-hydroxylation sites is 2. The minimum Gasteiger partial charge on any atom is -0.493 e. The van der Waals surface area contributed by atoms with Crippen molar-refractivity contribution in [1.82, 2.24) is 0 Å². The largest absolute Gasteiger partial charge is 0.493 e. The number of hydrogen-bond donors (Lipinski definition) is 1. The van der Waals surface area contributed by atoms with Gasteiger partial charge < -0.3 is 8.92 Å². The van der Waals surface area contributed by atoms with E-state index in [1.54, 1.807) is 13.2 Å². The minimum atomic E-state index is 0.641. The Morgan fingerprint density at radius 2 is 1.91 bits per heavy atom. The van der Waals surface area contributed by atoms with Gasteiger partial charge in [-0.3, -0.25) is 0 Å². The van der Waals surface area contributed by atoms with E-state index in [2.05, 4.69) is 0 Å². The van der Waals surface area contributed by atoms with Crippen molar-refractivity contribution < 1.29 is 8.92 Å². The molecule has 2 N–H and O–H groups in total. The van der Waals surface area contributed by atoms with Gasteiger partial charge in [0.05, 0.1) is 7.11 Å². The topological polar surface area (TPSA) is 44.5 Å². The molecule has 1 aromatic carbocycles. The summed E-state index contributed by atoms with van der Waals surface area (Å²) >= 11 is 0.804. The normalized spacial score (nSPS) is 9.27. The maximum atomic E-state index is 5.12. The van der Waals surface area contributed by atoms with Crippen LogP contribution in [0.5, 0.6) is 11.5 Å². The second-order valence-electron chi connectivity index (χ2n) is 1.83. The van der Waals surface area contributed by atoms with Gasteiger partial charge in [0.1, 0.15) is 12.2 Å². The molecule has 0 saturated heterocycles. The van der Waals surface area contributed by atoms with E-state index in [1.807, 2.05) is 18.2 Å². The van der Waals surface area contributed by atoms with Crippen molar-refractivity contribution >= 4 is 12.2 Å². The molecule has 0 heterocycles. The first-order chi connectivity index (χ1) is 5.38. The zero-order chi connectivity index (χ0) is 8.10. The molecule has 60 valence electrons. The zero-order valence-corrected chi connectivity index (χ0v) is 6.93. The zero-order valence-electron chi connectivity index (χ0n) is 6.11. The van der Waals surface area contributed by atoms with E-state index in [-0.39, 0.29) is 0 Å². The quantitative estimate of drug-likeness (QED) is 0.554. The van der Waals surface area contributed by atoms with E-state index < -0.39 is 0 Å². The maximum absolute atomic E-state index is 5.12. The van der Waals surface area contributed by atoms with E-state index >= 15 is 0 Å². The molecule has 0 aliphatic carbocycles. The predicted octanol–water partition coefficient (Wildman–Crippen LogP) is 1.60. The fourth-order valence-electron chi connectivity index (χ4n) is 0.739. The lowest BCUT2D eigenvalue weighted by Crippen LogP contribution is -1.90. The van der Waals surface area contributed by atoms with Gasteiger partial charge in [-0.1, -0.05) is 12.1 Å². The van der Waals surface area contributed by atoms with Crippen molar-refractivity contribution in [3.8, 4) is 11.5 Å². The molecule has 0 aliphatic heterocycles. The summed E-state index contributed by atoms with van der Waals surface area (Å²) in [7, 11) is 1.59. The van der Waals surface area contributed by atoms with Crippen LogP contribution in [0.25, 0.3) is 0 Å². The van der Waals surface area contributed by atoms with Gasteiger partial charge in [0.25, 0.3) is 0 Å². The minimum absolute atomic E-state index is 0.641. The van der Waals surface area contributed by atoms with Crippen LogP contribution in [0.15, 0.2) is 24.3 Å². The molecule has 0 bridgehead atoms. The fraction of sp³-hybridized carbons (Fsp3) is 0.143. The third-order valence-electron chi connectivity index (χ3n) is 1.21. The van der Waals surface area contributed by atoms with Gasteiger partial charge in [0.2, 0.25) is 0 Å². The van der Waals surface area contributed by atoms with E-state index in [0.717, 1.165) is 12.2 Å². The first-order valence-corrected chi connectivity index (χ1v) is 3.85. The first-order valence-electron chi connectivity index (χ1n) is 3.05. The van der Waals surface area contributed by atoms with Crippen LogP contribution in [0, 0.1) is 0 Å². The van der Waals surface area contributed by atoms with Crippen LogP contribution in [-0.4, -0.2) is 7.11 Å². The third-order valence-corrected chi connectivity index (χ3v) is 1.48. The van der Waals surface area contributed by atoms with Crippen LogP contribution >= 0.6 is 12.2 Å². The van der Waals surface area contributed by atoms with Gasteiger partial charge in [-0.15, -0.1) is 0 Å². The number of rotatable bonds is 3.